The van der Waals surface area contributed by atoms with Gasteiger partial charge in [0.25, 0.3) is 0 Å². The molecule has 1 aliphatic heterocycles. The number of benzene rings is 1. The zero-order valence-electron chi connectivity index (χ0n) is 6.33. The van der Waals surface area contributed by atoms with Crippen molar-refractivity contribution >= 4 is 17.3 Å². The molecule has 0 spiro atoms. The summed E-state index contributed by atoms with van der Waals surface area (Å²) in [6, 6.07) is 5.32. The second-order valence-electron chi connectivity index (χ2n) is 2.55. The topological polar surface area (TPSA) is 64.3 Å². The molecule has 1 heterocycles. The lowest BCUT2D eigenvalue weighted by Crippen LogP contribution is -2.25. The molecule has 62 valence electrons. The molecule has 4 heteroatoms. The number of hydrogen-bond acceptors (Lipinski definition) is 4. The Morgan fingerprint density at radius 1 is 1.50 bits per heavy atom. The highest BCUT2D eigenvalue weighted by Crippen LogP contribution is 2.32. The number of rotatable bonds is 0. The number of ether oxygens (including phenoxy) is 1. The van der Waals surface area contributed by atoms with Crippen LogP contribution in [0.5, 0.6) is 5.75 Å². The minimum Gasteiger partial charge on any atom is -0.421 e. The fourth-order valence-corrected chi connectivity index (χ4v) is 1.13. The zero-order chi connectivity index (χ0) is 8.55. The van der Waals surface area contributed by atoms with Gasteiger partial charge in [-0.15, -0.1) is 0 Å². The summed E-state index contributed by atoms with van der Waals surface area (Å²) in [5, 5.41) is 2.90. The lowest BCUT2D eigenvalue weighted by atomic mass is 10.2. The molecule has 0 aliphatic carbocycles. The maximum atomic E-state index is 10.8. The summed E-state index contributed by atoms with van der Waals surface area (Å²) in [5.74, 6) is 0.133. The van der Waals surface area contributed by atoms with E-state index in [1.165, 1.54) is 0 Å². The fourth-order valence-electron chi connectivity index (χ4n) is 1.13. The number of fused-ring (bicyclic) bond motifs is 1. The Morgan fingerprint density at radius 2 is 2.33 bits per heavy atom. The van der Waals surface area contributed by atoms with Crippen LogP contribution in [0.2, 0.25) is 0 Å². The molecule has 0 amide bonds. The van der Waals surface area contributed by atoms with Gasteiger partial charge in [0.2, 0.25) is 0 Å². The van der Waals surface area contributed by atoms with Crippen molar-refractivity contribution in [2.75, 3.05) is 17.6 Å². The van der Waals surface area contributed by atoms with Crippen LogP contribution < -0.4 is 15.8 Å². The summed E-state index contributed by atoms with van der Waals surface area (Å²) in [7, 11) is 0. The van der Waals surface area contributed by atoms with Gasteiger partial charge >= 0.3 is 5.97 Å². The van der Waals surface area contributed by atoms with Crippen LogP contribution in [0.3, 0.4) is 0 Å². The Hall–Kier alpha value is -1.71. The number of anilines is 2. The van der Waals surface area contributed by atoms with Crippen LogP contribution in [0.1, 0.15) is 0 Å². The van der Waals surface area contributed by atoms with E-state index >= 15 is 0 Å². The Balaban J connectivity index is 2.50. The quantitative estimate of drug-likeness (QED) is 0.335. The molecule has 0 saturated heterocycles. The first-order valence-corrected chi connectivity index (χ1v) is 3.60. The molecule has 2 rings (SSSR count). The number of hydrogen-bond donors (Lipinski definition) is 2. The molecule has 1 aromatic carbocycles. The van der Waals surface area contributed by atoms with Gasteiger partial charge in [-0.2, -0.15) is 0 Å². The summed E-state index contributed by atoms with van der Waals surface area (Å²) >= 11 is 0. The fraction of sp³-hybridized carbons (Fsp3) is 0.125. The Morgan fingerprint density at radius 3 is 3.17 bits per heavy atom. The molecule has 0 fully saturated rings. The van der Waals surface area contributed by atoms with Gasteiger partial charge in [0.05, 0.1) is 11.4 Å². The van der Waals surface area contributed by atoms with Crippen LogP contribution in [0, 0.1) is 0 Å². The molecule has 12 heavy (non-hydrogen) atoms. The number of carbonyl (C=O) groups excluding carboxylic acids is 1. The van der Waals surface area contributed by atoms with E-state index in [1.54, 1.807) is 12.1 Å². The van der Waals surface area contributed by atoms with Gasteiger partial charge in [-0.3, -0.25) is 0 Å². The average molecular weight is 164 g/mol. The SMILES string of the molecule is Nc1cccc2c1OC(=O)CN2. The molecule has 3 N–H and O–H groups in total. The first-order valence-electron chi connectivity index (χ1n) is 3.60. The van der Waals surface area contributed by atoms with Gasteiger partial charge in [-0.1, -0.05) is 6.07 Å². The van der Waals surface area contributed by atoms with Crippen LogP contribution in [0.25, 0.3) is 0 Å². The summed E-state index contributed by atoms with van der Waals surface area (Å²) in [5.41, 5.74) is 6.84. The van der Waals surface area contributed by atoms with Gasteiger partial charge in [-0.05, 0) is 12.1 Å². The average Bonchev–Trinajstić information content (AvgIpc) is 2.07. The lowest BCUT2D eigenvalue weighted by molar-refractivity contribution is -0.132. The molecule has 0 atom stereocenters. The third-order valence-electron chi connectivity index (χ3n) is 1.68. The van der Waals surface area contributed by atoms with E-state index in [-0.39, 0.29) is 12.5 Å². The molecule has 1 aromatic rings. The van der Waals surface area contributed by atoms with Crippen molar-refractivity contribution in [3.63, 3.8) is 0 Å². The molecule has 0 bridgehead atoms. The number of nitrogens with two attached hydrogens (primary N) is 1. The number of esters is 1. The third kappa shape index (κ3) is 0.972. The molecular weight excluding hydrogens is 156 g/mol. The van der Waals surface area contributed by atoms with E-state index < -0.39 is 0 Å². The van der Waals surface area contributed by atoms with Gasteiger partial charge in [-0.25, -0.2) is 4.79 Å². The van der Waals surface area contributed by atoms with Crippen LogP contribution in [-0.4, -0.2) is 12.5 Å². The van der Waals surface area contributed by atoms with Crippen molar-refractivity contribution in [2.45, 2.75) is 0 Å². The normalized spacial score (nSPS) is 14.5. The van der Waals surface area contributed by atoms with Gasteiger partial charge in [0.15, 0.2) is 5.75 Å². The predicted octanol–water partition coefficient (Wildman–Crippen LogP) is 0.600. The van der Waals surface area contributed by atoms with Crippen molar-refractivity contribution < 1.29 is 9.53 Å². The van der Waals surface area contributed by atoms with E-state index in [1.807, 2.05) is 6.07 Å². The molecule has 0 saturated carbocycles. The van der Waals surface area contributed by atoms with Crippen LogP contribution in [0.4, 0.5) is 11.4 Å². The van der Waals surface area contributed by atoms with E-state index in [4.69, 9.17) is 10.5 Å². The van der Waals surface area contributed by atoms with Gasteiger partial charge in [0, 0.05) is 0 Å². The van der Waals surface area contributed by atoms with E-state index in [2.05, 4.69) is 5.32 Å². The Kier molecular flexibility index (Phi) is 1.40. The summed E-state index contributed by atoms with van der Waals surface area (Å²) in [4.78, 5) is 10.8. The monoisotopic (exact) mass is 164 g/mol. The molecule has 1 aliphatic rings. The second kappa shape index (κ2) is 2.41. The van der Waals surface area contributed by atoms with Crippen LogP contribution >= 0.6 is 0 Å². The van der Waals surface area contributed by atoms with E-state index in [9.17, 15) is 4.79 Å². The van der Waals surface area contributed by atoms with Crippen LogP contribution in [0.15, 0.2) is 18.2 Å². The first kappa shape index (κ1) is 6.97. The zero-order valence-corrected chi connectivity index (χ0v) is 6.33. The van der Waals surface area contributed by atoms with Crippen molar-refractivity contribution in [2.24, 2.45) is 0 Å². The van der Waals surface area contributed by atoms with Gasteiger partial charge < -0.3 is 15.8 Å². The highest BCUT2D eigenvalue weighted by molar-refractivity contribution is 5.86. The number of nitrogen functional groups attached to an aromatic ring is 1. The van der Waals surface area contributed by atoms with Crippen molar-refractivity contribution in [3.8, 4) is 5.75 Å². The highest BCUT2D eigenvalue weighted by Gasteiger charge is 2.17. The number of nitrogens with one attached hydrogen (secondary N) is 1. The smallest absolute Gasteiger partial charge is 0.330 e. The van der Waals surface area contributed by atoms with Crippen molar-refractivity contribution in [1.82, 2.24) is 0 Å². The summed E-state index contributed by atoms with van der Waals surface area (Å²) in [6.07, 6.45) is 0. The minimum absolute atomic E-state index is 0.205. The summed E-state index contributed by atoms with van der Waals surface area (Å²) in [6.45, 7) is 0.205. The molecular formula is C8H8N2O2. The van der Waals surface area contributed by atoms with Crippen molar-refractivity contribution in [3.05, 3.63) is 18.2 Å². The van der Waals surface area contributed by atoms with Gasteiger partial charge in [0.1, 0.15) is 6.54 Å². The third-order valence-corrected chi connectivity index (χ3v) is 1.68. The molecule has 4 nitrogen and oxygen atoms in total. The first-order chi connectivity index (χ1) is 5.77. The highest BCUT2D eigenvalue weighted by atomic mass is 16.5. The standard InChI is InChI=1S/C8H8N2O2/c9-5-2-1-3-6-8(5)12-7(11)4-10-6/h1-3,10H,4,9H2. The molecule has 0 unspecified atom stereocenters. The van der Waals surface area contributed by atoms with E-state index in [0.29, 0.717) is 11.4 Å². The second-order valence-corrected chi connectivity index (χ2v) is 2.55. The van der Waals surface area contributed by atoms with Crippen molar-refractivity contribution in [1.29, 1.82) is 0 Å². The summed E-state index contributed by atoms with van der Waals surface area (Å²) < 4.78 is 4.94. The maximum Gasteiger partial charge on any atom is 0.330 e. The molecule has 0 radical (unpaired) electrons. The van der Waals surface area contributed by atoms with Crippen LogP contribution in [-0.2, 0) is 4.79 Å². The van der Waals surface area contributed by atoms with E-state index in [0.717, 1.165) is 5.69 Å². The lowest BCUT2D eigenvalue weighted by Gasteiger charge is -2.18. The predicted molar refractivity (Wildman–Crippen MR) is 45.0 cm³/mol. The minimum atomic E-state index is -0.305. The number of carbonyl (C=O) groups is 1. The maximum absolute atomic E-state index is 10.8. The number of para-hydroxylation sites is 1. The largest absolute Gasteiger partial charge is 0.421 e. The Labute approximate surface area is 69.3 Å². The molecule has 0 aromatic heterocycles. The Bertz CT molecular complexity index is 336.